The average molecular weight is 379 g/mol. The van der Waals surface area contributed by atoms with Crippen LogP contribution in [0.3, 0.4) is 0 Å². The highest BCUT2D eigenvalue weighted by Crippen LogP contribution is 2.28. The lowest BCUT2D eigenvalue weighted by Gasteiger charge is -2.03. The van der Waals surface area contributed by atoms with Gasteiger partial charge < -0.3 is 9.57 Å². The summed E-state index contributed by atoms with van der Waals surface area (Å²) >= 11 is 1.52. The van der Waals surface area contributed by atoms with Crippen LogP contribution in [0.2, 0.25) is 0 Å². The lowest BCUT2D eigenvalue weighted by Crippen LogP contribution is -2.04. The molecule has 7 heteroatoms. The maximum atomic E-state index is 12.2. The fourth-order valence-corrected chi connectivity index (χ4v) is 4.03. The molecule has 4 rings (SSSR count). The summed E-state index contributed by atoms with van der Waals surface area (Å²) in [6, 6.07) is 14.8. The molecule has 136 valence electrons. The summed E-state index contributed by atoms with van der Waals surface area (Å²) in [6.07, 6.45) is 0. The summed E-state index contributed by atoms with van der Waals surface area (Å²) in [7, 11) is 1.55. The van der Waals surface area contributed by atoms with E-state index in [9.17, 15) is 4.79 Å². The minimum atomic E-state index is -0.530. The van der Waals surface area contributed by atoms with Crippen LogP contribution in [0.15, 0.2) is 53.7 Å². The number of aryl methyl sites for hydroxylation is 1. The number of ether oxygens (including phenoxy) is 1. The minimum Gasteiger partial charge on any atom is -0.497 e. The number of carbonyl (C=O) groups is 1. The van der Waals surface area contributed by atoms with E-state index in [-0.39, 0.29) is 0 Å². The molecular weight excluding hydrogens is 362 g/mol. The summed E-state index contributed by atoms with van der Waals surface area (Å²) in [5, 5.41) is 4.04. The van der Waals surface area contributed by atoms with E-state index in [1.54, 1.807) is 31.4 Å². The number of carbonyl (C=O) groups excluding carboxylic acids is 1. The van der Waals surface area contributed by atoms with Gasteiger partial charge in [0.1, 0.15) is 5.75 Å². The van der Waals surface area contributed by atoms with E-state index in [0.29, 0.717) is 17.0 Å². The molecule has 4 aromatic rings. The fourth-order valence-electron chi connectivity index (χ4n) is 2.95. The SMILES string of the molecule is COc1cccc(C(=O)ON=C(C)c2sc3nc4ccccc4n3c2C)c1. The summed E-state index contributed by atoms with van der Waals surface area (Å²) in [5.74, 6) is 0.0602. The third kappa shape index (κ3) is 3.06. The van der Waals surface area contributed by atoms with Crippen molar-refractivity contribution in [2.24, 2.45) is 5.16 Å². The molecule has 27 heavy (non-hydrogen) atoms. The highest BCUT2D eigenvalue weighted by Gasteiger charge is 2.16. The molecule has 0 radical (unpaired) electrons. The van der Waals surface area contributed by atoms with Gasteiger partial charge in [0.2, 0.25) is 0 Å². The largest absolute Gasteiger partial charge is 0.497 e. The summed E-state index contributed by atoms with van der Waals surface area (Å²) in [6.45, 7) is 3.83. The minimum absolute atomic E-state index is 0.384. The van der Waals surface area contributed by atoms with Crippen LogP contribution in [-0.2, 0) is 4.84 Å². The van der Waals surface area contributed by atoms with Crippen LogP contribution in [0, 0.1) is 6.92 Å². The number of nitrogens with zero attached hydrogens (tertiary/aromatic N) is 3. The van der Waals surface area contributed by atoms with E-state index in [4.69, 9.17) is 9.57 Å². The van der Waals surface area contributed by atoms with Gasteiger partial charge in [-0.1, -0.05) is 34.7 Å². The van der Waals surface area contributed by atoms with E-state index in [2.05, 4.69) is 14.5 Å². The number of fused-ring (bicyclic) bond motifs is 3. The Morgan fingerprint density at radius 3 is 2.81 bits per heavy atom. The van der Waals surface area contributed by atoms with Crippen molar-refractivity contribution in [3.05, 3.63) is 64.7 Å². The molecule has 0 N–H and O–H groups in total. The Labute approximate surface area is 159 Å². The number of thiazole rings is 1. The molecule has 0 saturated heterocycles. The Morgan fingerprint density at radius 1 is 1.19 bits per heavy atom. The maximum Gasteiger partial charge on any atom is 0.365 e. The smallest absolute Gasteiger partial charge is 0.365 e. The lowest BCUT2D eigenvalue weighted by atomic mass is 10.2. The predicted molar refractivity (Wildman–Crippen MR) is 106 cm³/mol. The van der Waals surface area contributed by atoms with Crippen molar-refractivity contribution in [1.82, 2.24) is 9.38 Å². The summed E-state index contributed by atoms with van der Waals surface area (Å²) < 4.78 is 7.22. The highest BCUT2D eigenvalue weighted by molar-refractivity contribution is 7.19. The number of oxime groups is 1. The van der Waals surface area contributed by atoms with Crippen LogP contribution >= 0.6 is 11.3 Å². The normalized spacial score (nSPS) is 11.9. The van der Waals surface area contributed by atoms with E-state index < -0.39 is 5.97 Å². The Kier molecular flexibility index (Phi) is 4.37. The van der Waals surface area contributed by atoms with Crippen LogP contribution in [0.1, 0.15) is 27.9 Å². The van der Waals surface area contributed by atoms with Crippen molar-refractivity contribution in [1.29, 1.82) is 0 Å². The number of para-hydroxylation sites is 2. The van der Waals surface area contributed by atoms with Crippen molar-refractivity contribution >= 4 is 39.0 Å². The van der Waals surface area contributed by atoms with Crippen LogP contribution < -0.4 is 4.74 Å². The second kappa shape index (κ2) is 6.85. The molecule has 0 aliphatic carbocycles. The van der Waals surface area contributed by atoms with Gasteiger partial charge in [0.25, 0.3) is 0 Å². The monoisotopic (exact) mass is 379 g/mol. The maximum absolute atomic E-state index is 12.2. The van der Waals surface area contributed by atoms with Gasteiger partial charge in [-0.05, 0) is 44.2 Å². The Hall–Kier alpha value is -3.19. The number of rotatable bonds is 4. The van der Waals surface area contributed by atoms with E-state index >= 15 is 0 Å². The first-order chi connectivity index (χ1) is 13.1. The summed E-state index contributed by atoms with van der Waals surface area (Å²) in [5.41, 5.74) is 4.03. The lowest BCUT2D eigenvalue weighted by molar-refractivity contribution is 0.0516. The first-order valence-corrected chi connectivity index (χ1v) is 9.17. The number of aromatic nitrogens is 2. The molecular formula is C20H17N3O3S. The van der Waals surface area contributed by atoms with Gasteiger partial charge in [-0.2, -0.15) is 0 Å². The quantitative estimate of drug-likeness (QED) is 0.299. The zero-order valence-electron chi connectivity index (χ0n) is 15.1. The van der Waals surface area contributed by atoms with Gasteiger partial charge in [0, 0.05) is 5.69 Å². The topological polar surface area (TPSA) is 65.2 Å². The van der Waals surface area contributed by atoms with Gasteiger partial charge in [-0.25, -0.2) is 9.78 Å². The van der Waals surface area contributed by atoms with Gasteiger partial charge in [-0.15, -0.1) is 0 Å². The van der Waals surface area contributed by atoms with Crippen molar-refractivity contribution in [3.63, 3.8) is 0 Å². The molecule has 0 amide bonds. The molecule has 6 nitrogen and oxygen atoms in total. The molecule has 0 saturated carbocycles. The molecule has 0 atom stereocenters. The van der Waals surface area contributed by atoms with Crippen molar-refractivity contribution in [2.45, 2.75) is 13.8 Å². The second-order valence-corrected chi connectivity index (χ2v) is 7.00. The third-order valence-corrected chi connectivity index (χ3v) is 5.54. The standard InChI is InChI=1S/C20H17N3O3S/c1-12(22-26-19(24)14-7-6-8-15(11-14)25-3)18-13(2)23-17-10-5-4-9-16(17)21-20(23)27-18/h4-11H,1-3H3. The zero-order valence-corrected chi connectivity index (χ0v) is 15.9. The molecule has 2 aromatic heterocycles. The van der Waals surface area contributed by atoms with Gasteiger partial charge in [-0.3, -0.25) is 4.40 Å². The Morgan fingerprint density at radius 2 is 2.00 bits per heavy atom. The van der Waals surface area contributed by atoms with E-state index in [1.165, 1.54) is 11.3 Å². The summed E-state index contributed by atoms with van der Waals surface area (Å²) in [4.78, 5) is 23.8. The van der Waals surface area contributed by atoms with Gasteiger partial charge in [0.05, 0.1) is 34.3 Å². The van der Waals surface area contributed by atoms with Crippen LogP contribution in [0.5, 0.6) is 5.75 Å². The highest BCUT2D eigenvalue weighted by atomic mass is 32.1. The zero-order chi connectivity index (χ0) is 19.0. The number of imidazole rings is 1. The van der Waals surface area contributed by atoms with Crippen molar-refractivity contribution < 1.29 is 14.4 Å². The number of hydrogen-bond donors (Lipinski definition) is 0. The molecule has 0 spiro atoms. The van der Waals surface area contributed by atoms with Crippen molar-refractivity contribution in [3.8, 4) is 5.75 Å². The fraction of sp³-hybridized carbons (Fsp3) is 0.150. The number of hydrogen-bond acceptors (Lipinski definition) is 6. The third-order valence-electron chi connectivity index (χ3n) is 4.29. The first-order valence-electron chi connectivity index (χ1n) is 8.35. The molecule has 2 heterocycles. The molecule has 0 unspecified atom stereocenters. The Bertz CT molecular complexity index is 1190. The Balaban J connectivity index is 1.63. The molecule has 0 fully saturated rings. The second-order valence-electron chi connectivity index (χ2n) is 6.02. The predicted octanol–water partition coefficient (Wildman–Crippen LogP) is 4.45. The van der Waals surface area contributed by atoms with Gasteiger partial charge in [0.15, 0.2) is 4.96 Å². The van der Waals surface area contributed by atoms with Gasteiger partial charge >= 0.3 is 5.97 Å². The molecule has 0 aliphatic rings. The van der Waals surface area contributed by atoms with E-state index in [0.717, 1.165) is 26.6 Å². The van der Waals surface area contributed by atoms with Crippen LogP contribution in [0.4, 0.5) is 0 Å². The molecule has 0 aliphatic heterocycles. The van der Waals surface area contributed by atoms with E-state index in [1.807, 2.05) is 38.1 Å². The number of methoxy groups -OCH3 is 1. The van der Waals surface area contributed by atoms with Crippen LogP contribution in [-0.4, -0.2) is 28.2 Å². The number of benzene rings is 2. The average Bonchev–Trinajstić information content (AvgIpc) is 3.22. The first kappa shape index (κ1) is 17.2. The molecule has 0 bridgehead atoms. The van der Waals surface area contributed by atoms with Crippen LogP contribution in [0.25, 0.3) is 16.0 Å². The molecule has 2 aromatic carbocycles. The van der Waals surface area contributed by atoms with Crippen molar-refractivity contribution in [2.75, 3.05) is 7.11 Å².